The van der Waals surface area contributed by atoms with Crippen molar-refractivity contribution in [3.63, 3.8) is 0 Å². The number of carbonyl (C=O) groups is 2. The molecular weight excluding hydrogens is 488 g/mol. The van der Waals surface area contributed by atoms with E-state index < -0.39 is 6.10 Å². The van der Waals surface area contributed by atoms with Crippen molar-refractivity contribution in [2.75, 3.05) is 13.2 Å². The molecule has 0 aromatic carbocycles. The molecule has 1 N–H and O–H groups in total. The van der Waals surface area contributed by atoms with Crippen LogP contribution in [0.4, 0.5) is 0 Å². The van der Waals surface area contributed by atoms with Gasteiger partial charge in [-0.2, -0.15) is 0 Å². The van der Waals surface area contributed by atoms with E-state index in [0.717, 1.165) is 50.4 Å². The third kappa shape index (κ3) is 29.7. The van der Waals surface area contributed by atoms with Crippen LogP contribution in [-0.4, -0.2) is 36.4 Å². The highest BCUT2D eigenvalue weighted by molar-refractivity contribution is 5.69. The maximum Gasteiger partial charge on any atom is 0.305 e. The van der Waals surface area contributed by atoms with E-state index in [9.17, 15) is 14.7 Å². The maximum atomic E-state index is 11.9. The fourth-order valence-electron chi connectivity index (χ4n) is 4.83. The molecule has 232 valence electrons. The Morgan fingerprint density at radius 2 is 0.872 bits per heavy atom. The van der Waals surface area contributed by atoms with Crippen LogP contribution in [0.5, 0.6) is 0 Å². The van der Waals surface area contributed by atoms with Crippen molar-refractivity contribution in [2.45, 2.75) is 181 Å². The second-order valence-corrected chi connectivity index (χ2v) is 12.4. The number of hydrogen-bond acceptors (Lipinski definition) is 5. The maximum absolute atomic E-state index is 11.9. The predicted octanol–water partition coefficient (Wildman–Crippen LogP) is 9.72. The molecule has 0 aromatic heterocycles. The zero-order valence-electron chi connectivity index (χ0n) is 26.5. The number of aliphatic hydroxyl groups excluding tert-OH is 1. The summed E-state index contributed by atoms with van der Waals surface area (Å²) in [6, 6.07) is 0. The molecule has 39 heavy (non-hydrogen) atoms. The van der Waals surface area contributed by atoms with Gasteiger partial charge in [0.15, 0.2) is 0 Å². The summed E-state index contributed by atoms with van der Waals surface area (Å²) in [6.45, 7) is 8.97. The molecular formula is C34H66O5. The molecule has 0 saturated carbocycles. The smallest absolute Gasteiger partial charge is 0.305 e. The van der Waals surface area contributed by atoms with Crippen LogP contribution in [0.1, 0.15) is 175 Å². The number of carbonyl (C=O) groups excluding carboxylic acids is 2. The highest BCUT2D eigenvalue weighted by Gasteiger charge is 2.12. The van der Waals surface area contributed by atoms with Gasteiger partial charge in [0.2, 0.25) is 0 Å². The molecule has 0 aliphatic carbocycles. The molecule has 0 bridgehead atoms. The fraction of sp³-hybridized carbons (Fsp3) is 0.941. The summed E-state index contributed by atoms with van der Waals surface area (Å²) in [4.78, 5) is 23.8. The van der Waals surface area contributed by atoms with E-state index in [1.54, 1.807) is 0 Å². The Kier molecular flexibility index (Phi) is 27.6. The molecule has 0 saturated heterocycles. The molecule has 5 heteroatoms. The van der Waals surface area contributed by atoms with Crippen LogP contribution in [0.3, 0.4) is 0 Å². The van der Waals surface area contributed by atoms with Gasteiger partial charge < -0.3 is 14.6 Å². The van der Waals surface area contributed by atoms with Crippen molar-refractivity contribution in [3.05, 3.63) is 0 Å². The SMILES string of the molecule is CCC(C)CCCCCCCCCCC(=O)OC[C@H](O)COC(=O)CCCCCCCCCCCCC(C)C. The molecule has 0 aliphatic rings. The first-order chi connectivity index (χ1) is 18.8. The Labute approximate surface area is 242 Å². The summed E-state index contributed by atoms with van der Waals surface area (Å²) in [6.07, 6.45) is 25.7. The minimum Gasteiger partial charge on any atom is -0.463 e. The lowest BCUT2D eigenvalue weighted by atomic mass is 9.99. The molecule has 0 amide bonds. The highest BCUT2D eigenvalue weighted by Crippen LogP contribution is 2.16. The van der Waals surface area contributed by atoms with Gasteiger partial charge >= 0.3 is 11.9 Å². The van der Waals surface area contributed by atoms with Crippen LogP contribution >= 0.6 is 0 Å². The van der Waals surface area contributed by atoms with Gasteiger partial charge in [-0.15, -0.1) is 0 Å². The largest absolute Gasteiger partial charge is 0.463 e. The fourth-order valence-corrected chi connectivity index (χ4v) is 4.83. The number of hydrogen-bond donors (Lipinski definition) is 1. The van der Waals surface area contributed by atoms with Gasteiger partial charge in [-0.3, -0.25) is 9.59 Å². The Morgan fingerprint density at radius 1 is 0.538 bits per heavy atom. The summed E-state index contributed by atoms with van der Waals surface area (Å²) in [7, 11) is 0. The van der Waals surface area contributed by atoms with Crippen molar-refractivity contribution < 1.29 is 24.2 Å². The number of ether oxygens (including phenoxy) is 2. The lowest BCUT2D eigenvalue weighted by Gasteiger charge is -2.12. The Balaban J connectivity index is 3.43. The summed E-state index contributed by atoms with van der Waals surface area (Å²) in [5.74, 6) is 1.13. The molecule has 0 spiro atoms. The van der Waals surface area contributed by atoms with Crippen LogP contribution in [0, 0.1) is 11.8 Å². The second-order valence-electron chi connectivity index (χ2n) is 12.4. The topological polar surface area (TPSA) is 72.8 Å². The number of rotatable bonds is 29. The van der Waals surface area contributed by atoms with Crippen molar-refractivity contribution in [1.29, 1.82) is 0 Å². The van der Waals surface area contributed by atoms with Crippen LogP contribution in [-0.2, 0) is 19.1 Å². The van der Waals surface area contributed by atoms with E-state index >= 15 is 0 Å². The van der Waals surface area contributed by atoms with E-state index in [0.29, 0.717) is 12.8 Å². The Bertz CT molecular complexity index is 548. The quantitative estimate of drug-likeness (QED) is 0.0736. The summed E-state index contributed by atoms with van der Waals surface area (Å²) < 4.78 is 10.3. The summed E-state index contributed by atoms with van der Waals surface area (Å²) in [5, 5.41) is 9.95. The average Bonchev–Trinajstić information content (AvgIpc) is 2.91. The molecule has 5 nitrogen and oxygen atoms in total. The molecule has 0 rings (SSSR count). The molecule has 0 radical (unpaired) electrons. The first-order valence-corrected chi connectivity index (χ1v) is 16.8. The molecule has 1 unspecified atom stereocenters. The first-order valence-electron chi connectivity index (χ1n) is 16.8. The van der Waals surface area contributed by atoms with Crippen molar-refractivity contribution in [1.82, 2.24) is 0 Å². The van der Waals surface area contributed by atoms with Crippen LogP contribution in [0.2, 0.25) is 0 Å². The van der Waals surface area contributed by atoms with Crippen LogP contribution in [0.25, 0.3) is 0 Å². The average molecular weight is 555 g/mol. The van der Waals surface area contributed by atoms with E-state index in [1.807, 2.05) is 0 Å². The molecule has 0 fully saturated rings. The Hall–Kier alpha value is -1.10. The van der Waals surface area contributed by atoms with E-state index in [-0.39, 0.29) is 25.2 Å². The van der Waals surface area contributed by atoms with E-state index in [4.69, 9.17) is 9.47 Å². The third-order valence-electron chi connectivity index (χ3n) is 7.81. The third-order valence-corrected chi connectivity index (χ3v) is 7.81. The van der Waals surface area contributed by atoms with Crippen molar-refractivity contribution in [3.8, 4) is 0 Å². The molecule has 2 atom stereocenters. The highest BCUT2D eigenvalue weighted by atomic mass is 16.6. The molecule has 0 aromatic rings. The lowest BCUT2D eigenvalue weighted by Crippen LogP contribution is -2.25. The van der Waals surface area contributed by atoms with Crippen LogP contribution in [0.15, 0.2) is 0 Å². The van der Waals surface area contributed by atoms with Crippen molar-refractivity contribution in [2.24, 2.45) is 11.8 Å². The monoisotopic (exact) mass is 554 g/mol. The second kappa shape index (κ2) is 28.4. The normalized spacial score (nSPS) is 13.0. The number of aliphatic hydroxyl groups is 1. The number of unbranched alkanes of at least 4 members (excludes halogenated alkanes) is 16. The standard InChI is InChI=1S/C34H66O5/c1-5-31(4)25-21-17-13-10-11-15-19-23-27-34(37)39-29-32(35)28-38-33(36)26-22-18-14-9-7-6-8-12-16-20-24-30(2)3/h30-32,35H,5-29H2,1-4H3/t31?,32-/m1/s1. The first kappa shape index (κ1) is 37.9. The minimum atomic E-state index is -0.955. The predicted molar refractivity (Wildman–Crippen MR) is 164 cm³/mol. The summed E-state index contributed by atoms with van der Waals surface area (Å²) >= 11 is 0. The lowest BCUT2D eigenvalue weighted by molar-refractivity contribution is -0.152. The van der Waals surface area contributed by atoms with Gasteiger partial charge in [0, 0.05) is 12.8 Å². The number of esters is 2. The van der Waals surface area contributed by atoms with Crippen molar-refractivity contribution >= 4 is 11.9 Å². The Morgan fingerprint density at radius 3 is 1.23 bits per heavy atom. The zero-order valence-corrected chi connectivity index (χ0v) is 26.5. The van der Waals surface area contributed by atoms with Gasteiger partial charge in [-0.1, -0.05) is 150 Å². The van der Waals surface area contributed by atoms with Crippen LogP contribution < -0.4 is 0 Å². The zero-order chi connectivity index (χ0) is 29.0. The van der Waals surface area contributed by atoms with Gasteiger partial charge in [0.05, 0.1) is 0 Å². The van der Waals surface area contributed by atoms with Gasteiger partial charge in [-0.05, 0) is 24.7 Å². The molecule has 0 aliphatic heterocycles. The van der Waals surface area contributed by atoms with E-state index in [1.165, 1.54) is 96.3 Å². The van der Waals surface area contributed by atoms with Gasteiger partial charge in [0.25, 0.3) is 0 Å². The van der Waals surface area contributed by atoms with Gasteiger partial charge in [0.1, 0.15) is 19.3 Å². The van der Waals surface area contributed by atoms with E-state index in [2.05, 4.69) is 27.7 Å². The van der Waals surface area contributed by atoms with Gasteiger partial charge in [-0.25, -0.2) is 0 Å². The molecule has 0 heterocycles. The summed E-state index contributed by atoms with van der Waals surface area (Å²) in [5.41, 5.74) is 0. The minimum absolute atomic E-state index is 0.110.